The van der Waals surface area contributed by atoms with Gasteiger partial charge < -0.3 is 4.90 Å². The highest BCUT2D eigenvalue weighted by molar-refractivity contribution is 6.18. The number of hydrogen-bond donors (Lipinski definition) is 0. The van der Waals surface area contributed by atoms with Crippen molar-refractivity contribution >= 4 is 23.2 Å². The SMILES string of the molecule is N#CN(CCCl)CCCl. The van der Waals surface area contributed by atoms with Gasteiger partial charge >= 0.3 is 0 Å². The van der Waals surface area contributed by atoms with Crippen LogP contribution >= 0.6 is 23.2 Å². The lowest BCUT2D eigenvalue weighted by molar-refractivity contribution is 0.441. The summed E-state index contributed by atoms with van der Waals surface area (Å²) in [5.41, 5.74) is 0. The average molecular weight is 167 g/mol. The maximum Gasteiger partial charge on any atom is 0.179 e. The first-order valence-electron chi connectivity index (χ1n) is 2.61. The number of hydrogen-bond acceptors (Lipinski definition) is 2. The minimum Gasteiger partial charge on any atom is -0.308 e. The number of alkyl halides is 2. The highest BCUT2D eigenvalue weighted by Crippen LogP contribution is 1.87. The molecule has 0 aromatic rings. The van der Waals surface area contributed by atoms with E-state index < -0.39 is 0 Å². The first-order chi connectivity index (χ1) is 4.35. The van der Waals surface area contributed by atoms with Gasteiger partial charge in [-0.15, -0.1) is 23.2 Å². The van der Waals surface area contributed by atoms with Crippen molar-refractivity contribution in [2.24, 2.45) is 0 Å². The van der Waals surface area contributed by atoms with E-state index in [0.717, 1.165) is 0 Å². The summed E-state index contributed by atoms with van der Waals surface area (Å²) >= 11 is 10.7. The molecule has 0 radical (unpaired) electrons. The standard InChI is InChI=1S/C5H8Cl2N2/c6-1-3-9(5-8)4-2-7/h1-4H2. The highest BCUT2D eigenvalue weighted by Gasteiger charge is 1.96. The van der Waals surface area contributed by atoms with Gasteiger partial charge in [0.25, 0.3) is 0 Å². The largest absolute Gasteiger partial charge is 0.308 e. The summed E-state index contributed by atoms with van der Waals surface area (Å²) in [4.78, 5) is 1.53. The van der Waals surface area contributed by atoms with Crippen LogP contribution in [0.25, 0.3) is 0 Å². The molecule has 0 saturated carbocycles. The van der Waals surface area contributed by atoms with Crippen molar-refractivity contribution < 1.29 is 0 Å². The van der Waals surface area contributed by atoms with E-state index in [0.29, 0.717) is 24.8 Å². The summed E-state index contributed by atoms with van der Waals surface area (Å²) in [7, 11) is 0. The molecule has 2 nitrogen and oxygen atoms in total. The molecule has 0 saturated heterocycles. The molecule has 0 spiro atoms. The predicted octanol–water partition coefficient (Wildman–Crippen LogP) is 1.25. The minimum absolute atomic E-state index is 0.477. The quantitative estimate of drug-likeness (QED) is 0.358. The van der Waals surface area contributed by atoms with Crippen LogP contribution in [-0.2, 0) is 0 Å². The van der Waals surface area contributed by atoms with Gasteiger partial charge in [-0.3, -0.25) is 0 Å². The Labute approximate surface area is 65.0 Å². The van der Waals surface area contributed by atoms with Crippen LogP contribution in [0.4, 0.5) is 0 Å². The third-order valence-electron chi connectivity index (χ3n) is 0.850. The van der Waals surface area contributed by atoms with Crippen molar-refractivity contribution in [2.45, 2.75) is 0 Å². The maximum absolute atomic E-state index is 8.35. The van der Waals surface area contributed by atoms with Crippen LogP contribution in [0.15, 0.2) is 0 Å². The molecule has 4 heteroatoms. The average Bonchev–Trinajstić information content (AvgIpc) is 1.88. The molecule has 52 valence electrons. The van der Waals surface area contributed by atoms with Gasteiger partial charge in [-0.1, -0.05) is 0 Å². The van der Waals surface area contributed by atoms with E-state index in [-0.39, 0.29) is 0 Å². The third kappa shape index (κ3) is 4.38. The van der Waals surface area contributed by atoms with Gasteiger partial charge in [0.05, 0.1) is 0 Å². The minimum atomic E-state index is 0.477. The molecule has 0 aliphatic heterocycles. The van der Waals surface area contributed by atoms with Crippen LogP contribution in [0.1, 0.15) is 0 Å². The fourth-order valence-electron chi connectivity index (χ4n) is 0.416. The number of nitriles is 1. The second kappa shape index (κ2) is 6.00. The van der Waals surface area contributed by atoms with Crippen LogP contribution in [0.5, 0.6) is 0 Å². The van der Waals surface area contributed by atoms with E-state index in [4.69, 9.17) is 28.5 Å². The molecule has 0 aliphatic carbocycles. The summed E-state index contributed by atoms with van der Waals surface area (Å²) in [5.74, 6) is 0.953. The zero-order chi connectivity index (χ0) is 7.11. The molecule has 0 heterocycles. The molecular formula is C5H8Cl2N2. The second-order valence-corrected chi connectivity index (χ2v) is 2.22. The number of halogens is 2. The molecule has 0 atom stereocenters. The topological polar surface area (TPSA) is 27.0 Å². The van der Waals surface area contributed by atoms with Crippen molar-refractivity contribution in [2.75, 3.05) is 24.8 Å². The normalized spacial score (nSPS) is 8.56. The fourth-order valence-corrected chi connectivity index (χ4v) is 0.824. The van der Waals surface area contributed by atoms with Crippen molar-refractivity contribution in [3.63, 3.8) is 0 Å². The van der Waals surface area contributed by atoms with E-state index in [1.807, 2.05) is 6.19 Å². The van der Waals surface area contributed by atoms with E-state index in [1.54, 1.807) is 0 Å². The molecular weight excluding hydrogens is 159 g/mol. The van der Waals surface area contributed by atoms with E-state index in [2.05, 4.69) is 0 Å². The molecule has 0 aromatic heterocycles. The van der Waals surface area contributed by atoms with Crippen LogP contribution in [0.2, 0.25) is 0 Å². The first-order valence-corrected chi connectivity index (χ1v) is 3.68. The van der Waals surface area contributed by atoms with Gasteiger partial charge in [0.2, 0.25) is 0 Å². The van der Waals surface area contributed by atoms with Gasteiger partial charge in [0, 0.05) is 24.8 Å². The molecule has 0 fully saturated rings. The van der Waals surface area contributed by atoms with Crippen LogP contribution < -0.4 is 0 Å². The zero-order valence-electron chi connectivity index (χ0n) is 4.98. The number of rotatable bonds is 4. The fraction of sp³-hybridized carbons (Fsp3) is 0.800. The molecule has 0 bridgehead atoms. The lowest BCUT2D eigenvalue weighted by atomic mass is 10.6. The highest BCUT2D eigenvalue weighted by atomic mass is 35.5. The maximum atomic E-state index is 8.35. The van der Waals surface area contributed by atoms with Crippen LogP contribution in [-0.4, -0.2) is 29.7 Å². The smallest absolute Gasteiger partial charge is 0.179 e. The molecule has 0 amide bonds. The first kappa shape index (κ1) is 8.87. The Morgan fingerprint density at radius 3 is 1.89 bits per heavy atom. The summed E-state index contributed by atoms with van der Waals surface area (Å²) in [5, 5.41) is 8.35. The van der Waals surface area contributed by atoms with Crippen molar-refractivity contribution in [3.05, 3.63) is 0 Å². The summed E-state index contributed by atoms with van der Waals surface area (Å²) in [6, 6.07) is 0. The molecule has 0 unspecified atom stereocenters. The Hall–Kier alpha value is -0.130. The third-order valence-corrected chi connectivity index (χ3v) is 1.19. The predicted molar refractivity (Wildman–Crippen MR) is 38.6 cm³/mol. The Balaban J connectivity index is 3.32. The molecule has 0 aromatic carbocycles. The summed E-state index contributed by atoms with van der Waals surface area (Å²) in [6.07, 6.45) is 1.97. The summed E-state index contributed by atoms with van der Waals surface area (Å²) in [6.45, 7) is 1.18. The van der Waals surface area contributed by atoms with Gasteiger partial charge in [-0.25, -0.2) is 0 Å². The Bertz CT molecular complexity index is 93.6. The summed E-state index contributed by atoms with van der Waals surface area (Å²) < 4.78 is 0. The lowest BCUT2D eigenvalue weighted by Crippen LogP contribution is -2.22. The zero-order valence-corrected chi connectivity index (χ0v) is 6.49. The van der Waals surface area contributed by atoms with Crippen molar-refractivity contribution in [3.8, 4) is 6.19 Å². The Morgan fingerprint density at radius 2 is 1.67 bits per heavy atom. The Kier molecular flexibility index (Phi) is 5.91. The molecule has 0 aliphatic rings. The molecule has 0 N–H and O–H groups in total. The second-order valence-electron chi connectivity index (χ2n) is 1.47. The van der Waals surface area contributed by atoms with Gasteiger partial charge in [-0.05, 0) is 0 Å². The van der Waals surface area contributed by atoms with Gasteiger partial charge in [0.1, 0.15) is 0 Å². The lowest BCUT2D eigenvalue weighted by Gasteiger charge is -2.10. The van der Waals surface area contributed by atoms with Crippen LogP contribution in [0, 0.1) is 11.5 Å². The van der Waals surface area contributed by atoms with E-state index in [9.17, 15) is 0 Å². The van der Waals surface area contributed by atoms with Crippen molar-refractivity contribution in [1.82, 2.24) is 4.90 Å². The van der Waals surface area contributed by atoms with Crippen LogP contribution in [0.3, 0.4) is 0 Å². The van der Waals surface area contributed by atoms with Gasteiger partial charge in [-0.2, -0.15) is 5.26 Å². The number of nitrogens with zero attached hydrogens (tertiary/aromatic N) is 2. The van der Waals surface area contributed by atoms with E-state index >= 15 is 0 Å². The van der Waals surface area contributed by atoms with Gasteiger partial charge in [0.15, 0.2) is 6.19 Å². The van der Waals surface area contributed by atoms with E-state index in [1.165, 1.54) is 4.90 Å². The van der Waals surface area contributed by atoms with Crippen molar-refractivity contribution in [1.29, 1.82) is 5.26 Å². The monoisotopic (exact) mass is 166 g/mol. The Morgan fingerprint density at radius 1 is 1.22 bits per heavy atom. The molecule has 0 rings (SSSR count). The molecule has 9 heavy (non-hydrogen) atoms.